The highest BCUT2D eigenvalue weighted by molar-refractivity contribution is 4.90. The molecule has 0 saturated heterocycles. The molecule has 0 fully saturated rings. The zero-order valence-electron chi connectivity index (χ0n) is 7.08. The molecule has 1 aromatic heterocycles. The third-order valence-electron chi connectivity index (χ3n) is 1.67. The zero-order valence-corrected chi connectivity index (χ0v) is 7.08. The number of nitrogens with zero attached hydrogens (tertiary/aromatic N) is 2. The van der Waals surface area contributed by atoms with Crippen molar-refractivity contribution in [2.24, 2.45) is 7.05 Å². The van der Waals surface area contributed by atoms with Gasteiger partial charge in [0, 0.05) is 39.6 Å². The highest BCUT2D eigenvalue weighted by atomic mass is 16.5. The van der Waals surface area contributed by atoms with E-state index in [9.17, 15) is 0 Å². The van der Waals surface area contributed by atoms with Gasteiger partial charge in [0.15, 0.2) is 0 Å². The Morgan fingerprint density at radius 3 is 3.00 bits per heavy atom. The van der Waals surface area contributed by atoms with E-state index in [0.717, 1.165) is 25.3 Å². The average molecular weight is 154 g/mol. The Balaban J connectivity index is 2.32. The summed E-state index contributed by atoms with van der Waals surface area (Å²) in [7, 11) is 3.73. The first kappa shape index (κ1) is 8.27. The molecule has 11 heavy (non-hydrogen) atoms. The minimum atomic E-state index is 0.812. The maximum absolute atomic E-state index is 4.94. The van der Waals surface area contributed by atoms with Crippen molar-refractivity contribution in [1.29, 1.82) is 0 Å². The highest BCUT2D eigenvalue weighted by Gasteiger charge is 1.96. The van der Waals surface area contributed by atoms with Crippen LogP contribution >= 0.6 is 0 Å². The Kier molecular flexibility index (Phi) is 3.11. The highest BCUT2D eigenvalue weighted by Crippen LogP contribution is 1.98. The smallest absolute Gasteiger partial charge is 0.108 e. The molecular weight excluding hydrogens is 140 g/mol. The summed E-state index contributed by atoms with van der Waals surface area (Å²) in [6.45, 7) is 0.812. The van der Waals surface area contributed by atoms with Gasteiger partial charge in [0.2, 0.25) is 0 Å². The van der Waals surface area contributed by atoms with Gasteiger partial charge < -0.3 is 9.30 Å². The summed E-state index contributed by atoms with van der Waals surface area (Å²) in [4.78, 5) is 4.19. The molecule has 0 radical (unpaired) electrons. The fraction of sp³-hybridized carbons (Fsp3) is 0.625. The van der Waals surface area contributed by atoms with Gasteiger partial charge in [0.05, 0.1) is 0 Å². The summed E-state index contributed by atoms with van der Waals surface area (Å²) < 4.78 is 6.98. The summed E-state index contributed by atoms with van der Waals surface area (Å²) in [6, 6.07) is 0. The van der Waals surface area contributed by atoms with Gasteiger partial charge >= 0.3 is 0 Å². The fourth-order valence-corrected chi connectivity index (χ4v) is 1.01. The van der Waals surface area contributed by atoms with Gasteiger partial charge in [0.25, 0.3) is 0 Å². The van der Waals surface area contributed by atoms with Gasteiger partial charge in [-0.1, -0.05) is 0 Å². The quantitative estimate of drug-likeness (QED) is 0.605. The molecule has 0 aliphatic rings. The Labute approximate surface area is 67.0 Å². The van der Waals surface area contributed by atoms with Crippen LogP contribution in [-0.4, -0.2) is 23.3 Å². The van der Waals surface area contributed by atoms with Crippen LogP contribution in [0, 0.1) is 0 Å². The number of rotatable bonds is 4. The van der Waals surface area contributed by atoms with Gasteiger partial charge in [-0.25, -0.2) is 4.98 Å². The van der Waals surface area contributed by atoms with E-state index in [0.29, 0.717) is 0 Å². The molecule has 0 unspecified atom stereocenters. The van der Waals surface area contributed by atoms with E-state index in [1.165, 1.54) is 0 Å². The minimum Gasteiger partial charge on any atom is -0.385 e. The average Bonchev–Trinajstić information content (AvgIpc) is 2.37. The first-order valence-corrected chi connectivity index (χ1v) is 3.79. The van der Waals surface area contributed by atoms with Crippen molar-refractivity contribution in [1.82, 2.24) is 9.55 Å². The van der Waals surface area contributed by atoms with Crippen LogP contribution in [0.3, 0.4) is 0 Å². The first-order chi connectivity index (χ1) is 5.34. The van der Waals surface area contributed by atoms with Crippen molar-refractivity contribution >= 4 is 0 Å². The number of hydrogen-bond acceptors (Lipinski definition) is 2. The Morgan fingerprint density at radius 2 is 2.45 bits per heavy atom. The van der Waals surface area contributed by atoms with Crippen LogP contribution < -0.4 is 0 Å². The van der Waals surface area contributed by atoms with Crippen molar-refractivity contribution in [3.05, 3.63) is 18.2 Å². The molecule has 0 spiro atoms. The molecule has 0 amide bonds. The predicted molar refractivity (Wildman–Crippen MR) is 43.4 cm³/mol. The molecule has 0 bridgehead atoms. The normalized spacial score (nSPS) is 10.4. The summed E-state index contributed by atoms with van der Waals surface area (Å²) in [5.41, 5.74) is 0. The molecule has 3 heteroatoms. The third kappa shape index (κ3) is 2.35. The Hall–Kier alpha value is -0.830. The molecular formula is C8H14N2O. The molecule has 0 aliphatic heterocycles. The third-order valence-corrected chi connectivity index (χ3v) is 1.67. The molecule has 0 atom stereocenters. The van der Waals surface area contributed by atoms with E-state index in [1.54, 1.807) is 7.11 Å². The van der Waals surface area contributed by atoms with Gasteiger partial charge in [0.1, 0.15) is 5.82 Å². The van der Waals surface area contributed by atoms with E-state index < -0.39 is 0 Å². The van der Waals surface area contributed by atoms with Crippen molar-refractivity contribution < 1.29 is 4.74 Å². The molecule has 1 rings (SSSR count). The van der Waals surface area contributed by atoms with Crippen LogP contribution in [0.5, 0.6) is 0 Å². The van der Waals surface area contributed by atoms with E-state index >= 15 is 0 Å². The topological polar surface area (TPSA) is 27.1 Å². The molecule has 0 aliphatic carbocycles. The molecule has 1 aromatic rings. The lowest BCUT2D eigenvalue weighted by atomic mass is 10.3. The first-order valence-electron chi connectivity index (χ1n) is 3.79. The largest absolute Gasteiger partial charge is 0.385 e. The summed E-state index contributed by atoms with van der Waals surface area (Å²) in [5.74, 6) is 1.13. The summed E-state index contributed by atoms with van der Waals surface area (Å²) >= 11 is 0. The van der Waals surface area contributed by atoms with Gasteiger partial charge in [-0.3, -0.25) is 0 Å². The number of aromatic nitrogens is 2. The van der Waals surface area contributed by atoms with Crippen LogP contribution in [0.4, 0.5) is 0 Å². The van der Waals surface area contributed by atoms with Gasteiger partial charge in [-0.2, -0.15) is 0 Å². The van der Waals surface area contributed by atoms with Crippen molar-refractivity contribution in [3.8, 4) is 0 Å². The summed E-state index contributed by atoms with van der Waals surface area (Å²) in [6.07, 6.45) is 5.82. The van der Waals surface area contributed by atoms with Crippen LogP contribution in [0.15, 0.2) is 12.4 Å². The molecule has 0 saturated carbocycles. The number of ether oxygens (including phenoxy) is 1. The Bertz CT molecular complexity index is 208. The number of methoxy groups -OCH3 is 1. The second-order valence-corrected chi connectivity index (χ2v) is 2.55. The van der Waals surface area contributed by atoms with Crippen molar-refractivity contribution in [3.63, 3.8) is 0 Å². The number of hydrogen-bond donors (Lipinski definition) is 0. The van der Waals surface area contributed by atoms with Crippen LogP contribution in [0.25, 0.3) is 0 Å². The van der Waals surface area contributed by atoms with Crippen molar-refractivity contribution in [2.45, 2.75) is 12.8 Å². The molecule has 3 nitrogen and oxygen atoms in total. The van der Waals surface area contributed by atoms with Gasteiger partial charge in [-0.05, 0) is 6.42 Å². The summed E-state index contributed by atoms with van der Waals surface area (Å²) in [5, 5.41) is 0. The van der Waals surface area contributed by atoms with E-state index in [2.05, 4.69) is 4.98 Å². The van der Waals surface area contributed by atoms with Gasteiger partial charge in [-0.15, -0.1) is 0 Å². The van der Waals surface area contributed by atoms with E-state index in [-0.39, 0.29) is 0 Å². The minimum absolute atomic E-state index is 0.812. The Morgan fingerprint density at radius 1 is 1.64 bits per heavy atom. The van der Waals surface area contributed by atoms with E-state index in [1.807, 2.05) is 24.0 Å². The fourth-order valence-electron chi connectivity index (χ4n) is 1.01. The SMILES string of the molecule is COCCCc1nccn1C. The van der Waals surface area contributed by atoms with Crippen LogP contribution in [-0.2, 0) is 18.2 Å². The standard InChI is InChI=1S/C8H14N2O/c1-10-6-5-9-8(10)4-3-7-11-2/h5-6H,3-4,7H2,1-2H3. The predicted octanol–water partition coefficient (Wildman–Crippen LogP) is 0.999. The van der Waals surface area contributed by atoms with Crippen LogP contribution in [0.1, 0.15) is 12.2 Å². The lowest BCUT2D eigenvalue weighted by molar-refractivity contribution is 0.194. The van der Waals surface area contributed by atoms with E-state index in [4.69, 9.17) is 4.74 Å². The monoisotopic (exact) mass is 154 g/mol. The number of imidazole rings is 1. The second-order valence-electron chi connectivity index (χ2n) is 2.55. The lowest BCUT2D eigenvalue weighted by Crippen LogP contribution is -1.99. The maximum Gasteiger partial charge on any atom is 0.108 e. The molecule has 1 heterocycles. The lowest BCUT2D eigenvalue weighted by Gasteiger charge is -1.99. The second kappa shape index (κ2) is 4.13. The molecule has 0 N–H and O–H groups in total. The molecule has 0 aromatic carbocycles. The maximum atomic E-state index is 4.94. The zero-order chi connectivity index (χ0) is 8.10. The molecule has 62 valence electrons. The number of aryl methyl sites for hydroxylation is 2. The van der Waals surface area contributed by atoms with Crippen LogP contribution in [0.2, 0.25) is 0 Å². The van der Waals surface area contributed by atoms with Crippen molar-refractivity contribution in [2.75, 3.05) is 13.7 Å².